The summed E-state index contributed by atoms with van der Waals surface area (Å²) in [6, 6.07) is 23.6. The normalized spacial score (nSPS) is 11.3. The van der Waals surface area contributed by atoms with Crippen molar-refractivity contribution in [2.45, 2.75) is 38.7 Å². The van der Waals surface area contributed by atoms with Gasteiger partial charge in [-0.05, 0) is 89.2 Å². The number of ether oxygens (including phenoxy) is 1. The minimum Gasteiger partial charge on any atom is -0.429 e. The van der Waals surface area contributed by atoms with Crippen molar-refractivity contribution in [3.8, 4) is 45.2 Å². The number of hydrogen-bond acceptors (Lipinski definition) is 2. The highest BCUT2D eigenvalue weighted by atomic mass is 19.3. The molecular weight excluding hydrogens is 588 g/mol. The van der Waals surface area contributed by atoms with Crippen molar-refractivity contribution in [2.24, 2.45) is 0 Å². The molecule has 45 heavy (non-hydrogen) atoms. The van der Waals surface area contributed by atoms with Crippen molar-refractivity contribution in [3.63, 3.8) is 0 Å². The maximum atomic E-state index is 15.2. The van der Waals surface area contributed by atoms with Gasteiger partial charge in [-0.1, -0.05) is 68.3 Å². The highest BCUT2D eigenvalue weighted by Crippen LogP contribution is 2.38. The summed E-state index contributed by atoms with van der Waals surface area (Å²) in [6.07, 6.45) is -0.0282. The second kappa shape index (κ2) is 13.3. The minimum atomic E-state index is -4.41. The molecule has 0 amide bonds. The molecule has 5 rings (SSSR count). The summed E-state index contributed by atoms with van der Waals surface area (Å²) in [4.78, 5) is 0. The van der Waals surface area contributed by atoms with E-state index in [2.05, 4.69) is 11.7 Å². The molecule has 0 aliphatic heterocycles. The molecule has 0 aliphatic carbocycles. The van der Waals surface area contributed by atoms with E-state index in [4.69, 9.17) is 5.26 Å². The summed E-state index contributed by atoms with van der Waals surface area (Å²) in [6.45, 7) is 2.15. The molecule has 0 aliphatic rings. The molecular formula is C37H27F6NO. The van der Waals surface area contributed by atoms with Crippen LogP contribution in [0.4, 0.5) is 26.3 Å². The molecule has 5 aromatic carbocycles. The van der Waals surface area contributed by atoms with E-state index in [0.717, 1.165) is 49.4 Å². The predicted molar refractivity (Wildman–Crippen MR) is 161 cm³/mol. The molecule has 0 radical (unpaired) electrons. The Bertz CT molecular complexity index is 1840. The third kappa shape index (κ3) is 7.04. The van der Waals surface area contributed by atoms with Gasteiger partial charge in [0.1, 0.15) is 34.6 Å². The highest BCUT2D eigenvalue weighted by Gasteiger charge is 2.41. The minimum absolute atomic E-state index is 0.118. The second-order valence-electron chi connectivity index (χ2n) is 10.6. The Hall–Kier alpha value is -5.03. The van der Waals surface area contributed by atoms with Gasteiger partial charge in [-0.25, -0.2) is 17.6 Å². The van der Waals surface area contributed by atoms with E-state index >= 15 is 8.78 Å². The van der Waals surface area contributed by atoms with Gasteiger partial charge in [0.25, 0.3) is 0 Å². The maximum absolute atomic E-state index is 15.2. The lowest BCUT2D eigenvalue weighted by Gasteiger charge is -2.20. The van der Waals surface area contributed by atoms with Crippen LogP contribution in [0.1, 0.15) is 42.9 Å². The van der Waals surface area contributed by atoms with E-state index in [1.807, 2.05) is 30.3 Å². The summed E-state index contributed by atoms with van der Waals surface area (Å²) in [5.41, 5.74) is 0.927. The Morgan fingerprint density at radius 3 is 1.73 bits per heavy atom. The molecule has 0 saturated heterocycles. The fourth-order valence-electron chi connectivity index (χ4n) is 5.09. The van der Waals surface area contributed by atoms with Crippen molar-refractivity contribution < 1.29 is 31.1 Å². The first-order valence-electron chi connectivity index (χ1n) is 14.3. The first-order valence-corrected chi connectivity index (χ1v) is 14.3. The zero-order chi connectivity index (χ0) is 32.1. The molecule has 0 spiro atoms. The monoisotopic (exact) mass is 615 g/mol. The lowest BCUT2D eigenvalue weighted by atomic mass is 9.96. The smallest absolute Gasteiger partial charge is 0.429 e. The highest BCUT2D eigenvalue weighted by molar-refractivity contribution is 5.74. The second-order valence-corrected chi connectivity index (χ2v) is 10.6. The van der Waals surface area contributed by atoms with Crippen molar-refractivity contribution in [3.05, 3.63) is 137 Å². The van der Waals surface area contributed by atoms with Crippen molar-refractivity contribution >= 4 is 0 Å². The number of benzene rings is 5. The fourth-order valence-corrected chi connectivity index (χ4v) is 5.09. The standard InChI is InChI=1S/C37H27F6NO/c1-2-3-4-5-23-6-10-25(11-7-23)26-12-16-30(32(38)18-26)27-13-17-31(33(39)19-27)28-20-34(40)36(35(41)21-28)37(42,43)45-29-14-8-24(22-44)9-15-29/h6-21H,2-5H2,1H3. The molecule has 2 nitrogen and oxygen atoms in total. The average molecular weight is 616 g/mol. The topological polar surface area (TPSA) is 33.0 Å². The third-order valence-corrected chi connectivity index (χ3v) is 7.48. The van der Waals surface area contributed by atoms with Gasteiger partial charge in [-0.2, -0.15) is 14.0 Å². The Morgan fingerprint density at radius 1 is 0.622 bits per heavy atom. The average Bonchev–Trinajstić information content (AvgIpc) is 3.01. The Morgan fingerprint density at radius 2 is 1.16 bits per heavy atom. The molecule has 8 heteroatoms. The molecule has 5 aromatic rings. The van der Waals surface area contributed by atoms with Gasteiger partial charge in [0.05, 0.1) is 11.6 Å². The fraction of sp³-hybridized carbons (Fsp3) is 0.162. The van der Waals surface area contributed by atoms with Crippen molar-refractivity contribution in [1.29, 1.82) is 5.26 Å². The molecule has 0 atom stereocenters. The van der Waals surface area contributed by atoms with Gasteiger partial charge < -0.3 is 4.74 Å². The van der Waals surface area contributed by atoms with Crippen LogP contribution in [0.5, 0.6) is 5.75 Å². The van der Waals surface area contributed by atoms with Crippen molar-refractivity contribution in [2.75, 3.05) is 0 Å². The van der Waals surface area contributed by atoms with Gasteiger partial charge >= 0.3 is 6.11 Å². The van der Waals surface area contributed by atoms with Gasteiger partial charge in [-0.15, -0.1) is 0 Å². The molecule has 228 valence electrons. The van der Waals surface area contributed by atoms with Crippen LogP contribution < -0.4 is 4.74 Å². The van der Waals surface area contributed by atoms with E-state index in [9.17, 15) is 17.6 Å². The predicted octanol–water partition coefficient (Wildman–Crippen LogP) is 11.0. The summed E-state index contributed by atoms with van der Waals surface area (Å²) in [5.74, 6) is -5.23. The zero-order valence-electron chi connectivity index (χ0n) is 24.2. The van der Waals surface area contributed by atoms with E-state index in [1.165, 1.54) is 42.0 Å². The molecule has 0 N–H and O–H groups in total. The van der Waals surface area contributed by atoms with Crippen molar-refractivity contribution in [1.82, 2.24) is 0 Å². The number of unbranched alkanes of at least 4 members (excludes halogenated alkanes) is 2. The number of hydrogen-bond donors (Lipinski definition) is 0. The lowest BCUT2D eigenvalue weighted by molar-refractivity contribution is -0.189. The number of aryl methyl sites for hydroxylation is 1. The molecule has 0 bridgehead atoms. The van der Waals surface area contributed by atoms with Crippen LogP contribution in [0.3, 0.4) is 0 Å². The zero-order valence-corrected chi connectivity index (χ0v) is 24.2. The molecule has 0 heterocycles. The first-order chi connectivity index (χ1) is 21.6. The van der Waals surface area contributed by atoms with E-state index in [-0.39, 0.29) is 27.8 Å². The van der Waals surface area contributed by atoms with E-state index in [0.29, 0.717) is 17.7 Å². The lowest BCUT2D eigenvalue weighted by Crippen LogP contribution is -2.25. The quantitative estimate of drug-likeness (QED) is 0.116. The number of nitriles is 1. The van der Waals surface area contributed by atoms with Gasteiger partial charge in [0, 0.05) is 11.1 Å². The Balaban J connectivity index is 1.36. The number of nitrogens with zero attached hydrogens (tertiary/aromatic N) is 1. The number of rotatable bonds is 10. The van der Waals surface area contributed by atoms with Crippen LogP contribution in [0, 0.1) is 34.6 Å². The van der Waals surface area contributed by atoms with Crippen LogP contribution in [-0.4, -0.2) is 0 Å². The van der Waals surface area contributed by atoms with Gasteiger partial charge in [-0.3, -0.25) is 0 Å². The SMILES string of the molecule is CCCCCc1ccc(-c2ccc(-c3ccc(-c4cc(F)c(C(F)(F)Oc5ccc(C#N)cc5)c(F)c4)c(F)c3)c(F)c2)cc1. The van der Waals surface area contributed by atoms with Crippen LogP contribution in [0.2, 0.25) is 0 Å². The summed E-state index contributed by atoms with van der Waals surface area (Å²) >= 11 is 0. The maximum Gasteiger partial charge on any atom is 0.432 e. The summed E-state index contributed by atoms with van der Waals surface area (Å²) in [5, 5.41) is 8.84. The third-order valence-electron chi connectivity index (χ3n) is 7.48. The van der Waals surface area contributed by atoms with Crippen LogP contribution in [0.25, 0.3) is 33.4 Å². The number of halogens is 6. The van der Waals surface area contributed by atoms with Crippen LogP contribution in [-0.2, 0) is 12.5 Å². The summed E-state index contributed by atoms with van der Waals surface area (Å²) < 4.78 is 94.3. The molecule has 0 saturated carbocycles. The Kier molecular flexibility index (Phi) is 9.29. The van der Waals surface area contributed by atoms with E-state index < -0.39 is 40.7 Å². The Labute approximate surface area is 257 Å². The molecule has 0 fully saturated rings. The van der Waals surface area contributed by atoms with E-state index in [1.54, 1.807) is 6.07 Å². The van der Waals surface area contributed by atoms with Crippen LogP contribution in [0.15, 0.2) is 97.1 Å². The largest absolute Gasteiger partial charge is 0.432 e. The molecule has 0 aromatic heterocycles. The molecule has 0 unspecified atom stereocenters. The van der Waals surface area contributed by atoms with Gasteiger partial charge in [0.2, 0.25) is 0 Å². The van der Waals surface area contributed by atoms with Crippen LogP contribution >= 0.6 is 0 Å². The first kappa shape index (κ1) is 31.4. The summed E-state index contributed by atoms with van der Waals surface area (Å²) in [7, 11) is 0. The number of alkyl halides is 2. The van der Waals surface area contributed by atoms with Gasteiger partial charge in [0.15, 0.2) is 0 Å².